The van der Waals surface area contributed by atoms with Gasteiger partial charge in [-0.25, -0.2) is 0 Å². The monoisotopic (exact) mass is 344 g/mol. The van der Waals surface area contributed by atoms with E-state index >= 15 is 0 Å². The van der Waals surface area contributed by atoms with Crippen molar-refractivity contribution in [3.05, 3.63) is 29.8 Å². The molecule has 1 aromatic carbocycles. The molecule has 2 N–H and O–H groups in total. The number of nitrogens with one attached hydrogen (secondary N) is 2. The lowest BCUT2D eigenvalue weighted by atomic mass is 9.89. The van der Waals surface area contributed by atoms with Gasteiger partial charge in [-0.3, -0.25) is 4.79 Å². The fourth-order valence-electron chi connectivity index (χ4n) is 4.07. The van der Waals surface area contributed by atoms with E-state index in [1.807, 2.05) is 24.3 Å². The molecule has 0 radical (unpaired) electrons. The molecule has 0 aliphatic carbocycles. The second-order valence-electron chi connectivity index (χ2n) is 8.09. The summed E-state index contributed by atoms with van der Waals surface area (Å²) in [6.07, 6.45) is 6.56. The molecule has 0 spiro atoms. The first-order valence-electron chi connectivity index (χ1n) is 9.83. The summed E-state index contributed by atoms with van der Waals surface area (Å²) < 4.78 is 5.91. The first-order chi connectivity index (χ1) is 12.1. The van der Waals surface area contributed by atoms with Crippen molar-refractivity contribution < 1.29 is 9.53 Å². The average Bonchev–Trinajstić information content (AvgIpc) is 2.92. The van der Waals surface area contributed by atoms with E-state index in [2.05, 4.69) is 24.5 Å². The van der Waals surface area contributed by atoms with Gasteiger partial charge >= 0.3 is 0 Å². The van der Waals surface area contributed by atoms with E-state index in [-0.39, 0.29) is 5.91 Å². The third-order valence-electron chi connectivity index (χ3n) is 5.45. The van der Waals surface area contributed by atoms with E-state index < -0.39 is 0 Å². The van der Waals surface area contributed by atoms with Crippen molar-refractivity contribution >= 4 is 5.91 Å². The highest BCUT2D eigenvalue weighted by Crippen LogP contribution is 2.32. The van der Waals surface area contributed by atoms with Crippen LogP contribution in [0, 0.1) is 11.8 Å². The summed E-state index contributed by atoms with van der Waals surface area (Å²) in [6, 6.07) is 9.31. The Hall–Kier alpha value is -1.55. The molecule has 2 aliphatic rings. The molecule has 3 rings (SSSR count). The van der Waals surface area contributed by atoms with E-state index in [9.17, 15) is 4.79 Å². The zero-order valence-electron chi connectivity index (χ0n) is 15.6. The fourth-order valence-corrected chi connectivity index (χ4v) is 4.07. The number of piperidine rings is 1. The van der Waals surface area contributed by atoms with Crippen LogP contribution in [0.15, 0.2) is 24.3 Å². The highest BCUT2D eigenvalue weighted by Gasteiger charge is 2.34. The van der Waals surface area contributed by atoms with Crippen LogP contribution in [0.4, 0.5) is 0 Å². The molecule has 4 nitrogen and oxygen atoms in total. The maximum absolute atomic E-state index is 12.4. The van der Waals surface area contributed by atoms with Crippen LogP contribution < -0.4 is 15.4 Å². The minimum atomic E-state index is 0.170. The van der Waals surface area contributed by atoms with Crippen molar-refractivity contribution in [1.82, 2.24) is 10.6 Å². The van der Waals surface area contributed by atoms with Crippen molar-refractivity contribution in [2.45, 2.75) is 71.0 Å². The van der Waals surface area contributed by atoms with Gasteiger partial charge in [-0.05, 0) is 50.0 Å². The Morgan fingerprint density at radius 2 is 1.96 bits per heavy atom. The highest BCUT2D eigenvalue weighted by molar-refractivity contribution is 5.76. The Kier molecular flexibility index (Phi) is 6.35. The Morgan fingerprint density at radius 3 is 2.68 bits per heavy atom. The quantitative estimate of drug-likeness (QED) is 0.757. The van der Waals surface area contributed by atoms with E-state index in [4.69, 9.17) is 4.74 Å². The number of carbonyl (C=O) groups is 1. The number of para-hydroxylation sites is 1. The van der Waals surface area contributed by atoms with Gasteiger partial charge < -0.3 is 15.4 Å². The lowest BCUT2D eigenvalue weighted by Gasteiger charge is -2.28. The first kappa shape index (κ1) is 18.2. The topological polar surface area (TPSA) is 50.4 Å². The molecule has 0 aromatic heterocycles. The van der Waals surface area contributed by atoms with Crippen molar-refractivity contribution in [3.8, 4) is 5.75 Å². The molecule has 0 saturated carbocycles. The molecular weight excluding hydrogens is 312 g/mol. The molecule has 2 atom stereocenters. The molecule has 1 amide bonds. The van der Waals surface area contributed by atoms with Crippen LogP contribution in [0.2, 0.25) is 0 Å². The van der Waals surface area contributed by atoms with Gasteiger partial charge in [-0.15, -0.1) is 0 Å². The number of ether oxygens (including phenoxy) is 1. The molecule has 1 aromatic rings. The van der Waals surface area contributed by atoms with Crippen LogP contribution in [0.3, 0.4) is 0 Å². The van der Waals surface area contributed by atoms with Gasteiger partial charge in [0.25, 0.3) is 0 Å². The molecule has 4 heteroatoms. The van der Waals surface area contributed by atoms with Gasteiger partial charge in [-0.1, -0.05) is 32.0 Å². The van der Waals surface area contributed by atoms with Crippen LogP contribution >= 0.6 is 0 Å². The smallest absolute Gasteiger partial charge is 0.220 e. The molecule has 2 aliphatic heterocycles. The molecule has 2 heterocycles. The van der Waals surface area contributed by atoms with E-state index in [0.29, 0.717) is 36.9 Å². The number of hydrogen-bond donors (Lipinski definition) is 2. The zero-order chi connectivity index (χ0) is 17.6. The van der Waals surface area contributed by atoms with E-state index in [1.165, 1.54) is 12.8 Å². The lowest BCUT2D eigenvalue weighted by molar-refractivity contribution is -0.122. The molecular formula is C21H32N2O2. The third kappa shape index (κ3) is 5.46. The number of carbonyl (C=O) groups excluding carboxylic acids is 1. The summed E-state index contributed by atoms with van der Waals surface area (Å²) in [7, 11) is 0. The van der Waals surface area contributed by atoms with Crippen molar-refractivity contribution in [2.24, 2.45) is 11.8 Å². The minimum absolute atomic E-state index is 0.170. The maximum Gasteiger partial charge on any atom is 0.220 e. The summed E-state index contributed by atoms with van der Waals surface area (Å²) >= 11 is 0. The predicted octanol–water partition coefficient (Wildman–Crippen LogP) is 3.65. The number of hydrogen-bond acceptors (Lipinski definition) is 3. The van der Waals surface area contributed by atoms with Gasteiger partial charge in [0.05, 0.1) is 6.61 Å². The van der Waals surface area contributed by atoms with Gasteiger partial charge in [0.2, 0.25) is 5.91 Å². The normalized spacial score (nSPS) is 25.2. The van der Waals surface area contributed by atoms with Crippen LogP contribution in [0.25, 0.3) is 0 Å². The van der Waals surface area contributed by atoms with Crippen LogP contribution in [-0.2, 0) is 11.3 Å². The van der Waals surface area contributed by atoms with Gasteiger partial charge in [-0.2, -0.15) is 0 Å². The Bertz CT molecular complexity index is 561. The number of amides is 1. The number of rotatable bonds is 8. The summed E-state index contributed by atoms with van der Waals surface area (Å²) in [5.74, 6) is 2.23. The van der Waals surface area contributed by atoms with Crippen LogP contribution in [-0.4, -0.2) is 24.6 Å². The fraction of sp³-hybridized carbons (Fsp3) is 0.667. The van der Waals surface area contributed by atoms with Crippen LogP contribution in [0.5, 0.6) is 5.75 Å². The average molecular weight is 344 g/mol. The van der Waals surface area contributed by atoms with Crippen molar-refractivity contribution in [1.29, 1.82) is 0 Å². The second kappa shape index (κ2) is 8.70. The maximum atomic E-state index is 12.4. The Morgan fingerprint density at radius 1 is 1.24 bits per heavy atom. The molecule has 2 saturated heterocycles. The molecule has 138 valence electrons. The number of benzene rings is 1. The highest BCUT2D eigenvalue weighted by atomic mass is 16.5. The zero-order valence-corrected chi connectivity index (χ0v) is 15.6. The Balaban J connectivity index is 1.45. The summed E-state index contributed by atoms with van der Waals surface area (Å²) in [4.78, 5) is 12.4. The van der Waals surface area contributed by atoms with Crippen molar-refractivity contribution in [2.75, 3.05) is 6.61 Å². The lowest BCUT2D eigenvalue weighted by Crippen LogP contribution is -2.39. The summed E-state index contributed by atoms with van der Waals surface area (Å²) in [5, 5.41) is 6.73. The second-order valence-corrected chi connectivity index (χ2v) is 8.09. The number of fused-ring (bicyclic) bond motifs is 2. The van der Waals surface area contributed by atoms with E-state index in [1.54, 1.807) is 0 Å². The van der Waals surface area contributed by atoms with Gasteiger partial charge in [0.1, 0.15) is 5.75 Å². The molecule has 25 heavy (non-hydrogen) atoms. The summed E-state index contributed by atoms with van der Waals surface area (Å²) in [6.45, 7) is 5.67. The molecule has 2 fully saturated rings. The predicted molar refractivity (Wildman–Crippen MR) is 101 cm³/mol. The molecule has 2 unspecified atom stereocenters. The standard InChI is InChI=1S/C21H32N2O2/c1-15(2)9-10-25-20-6-4-3-5-17(20)14-22-21(24)13-16-11-18-7-8-19(12-16)23-18/h3-6,15-16,18-19,23H,7-14H2,1-2H3,(H,22,24). The Labute approximate surface area is 151 Å². The molecule has 2 bridgehead atoms. The third-order valence-corrected chi connectivity index (χ3v) is 5.45. The minimum Gasteiger partial charge on any atom is -0.493 e. The SMILES string of the molecule is CC(C)CCOc1ccccc1CNC(=O)CC1CC2CCC(C1)N2. The van der Waals surface area contributed by atoms with Crippen LogP contribution in [0.1, 0.15) is 57.9 Å². The van der Waals surface area contributed by atoms with E-state index in [0.717, 1.165) is 37.2 Å². The van der Waals surface area contributed by atoms with Gasteiger partial charge in [0.15, 0.2) is 0 Å². The summed E-state index contributed by atoms with van der Waals surface area (Å²) in [5.41, 5.74) is 1.06. The van der Waals surface area contributed by atoms with Crippen molar-refractivity contribution in [3.63, 3.8) is 0 Å². The first-order valence-corrected chi connectivity index (χ1v) is 9.83. The van der Waals surface area contributed by atoms with Gasteiger partial charge in [0, 0.05) is 30.6 Å². The largest absolute Gasteiger partial charge is 0.493 e.